The van der Waals surface area contributed by atoms with Gasteiger partial charge in [-0.1, -0.05) is 23.7 Å². The van der Waals surface area contributed by atoms with Crippen LogP contribution < -0.4 is 0 Å². The van der Waals surface area contributed by atoms with Crippen LogP contribution in [0.4, 0.5) is 4.39 Å². The fraction of sp³-hybridized carbons (Fsp3) is 0.158. The molecule has 0 fully saturated rings. The maximum absolute atomic E-state index is 13.5. The van der Waals surface area contributed by atoms with Gasteiger partial charge in [0.2, 0.25) is 0 Å². The molecule has 0 aliphatic carbocycles. The number of halogens is 2. The van der Waals surface area contributed by atoms with Crippen molar-refractivity contribution in [2.75, 3.05) is 14.1 Å². The summed E-state index contributed by atoms with van der Waals surface area (Å²) in [5.74, 6) is -0.414. The number of likely N-dealkylation sites (N-methyl/N-ethyl adjacent to an activating group) is 1. The number of benzene rings is 2. The predicted molar refractivity (Wildman–Crippen MR) is 97.2 cm³/mol. The molecule has 0 bridgehead atoms. The second kappa shape index (κ2) is 6.10. The second-order valence-electron chi connectivity index (χ2n) is 6.07. The molecule has 0 saturated heterocycles. The monoisotopic (exact) mass is 354 g/mol. The lowest BCUT2D eigenvalue weighted by atomic mass is 9.94. The van der Waals surface area contributed by atoms with E-state index in [1.165, 1.54) is 6.07 Å². The molecule has 0 radical (unpaired) electrons. The van der Waals surface area contributed by atoms with E-state index in [0.717, 1.165) is 27.7 Å². The van der Waals surface area contributed by atoms with Crippen LogP contribution in [0.25, 0.3) is 16.6 Å². The zero-order valence-electron chi connectivity index (χ0n) is 13.8. The van der Waals surface area contributed by atoms with E-state index in [-0.39, 0.29) is 11.1 Å². The minimum absolute atomic E-state index is 0.0158. The van der Waals surface area contributed by atoms with Crippen LogP contribution in [0.1, 0.15) is 17.2 Å². The fourth-order valence-corrected chi connectivity index (χ4v) is 3.38. The summed E-state index contributed by atoms with van der Waals surface area (Å²) in [5.41, 5.74) is 4.74. The highest BCUT2D eigenvalue weighted by Crippen LogP contribution is 2.41. The minimum atomic E-state index is -0.414. The van der Waals surface area contributed by atoms with Crippen molar-refractivity contribution in [2.45, 2.75) is 6.04 Å². The molecule has 2 aromatic carbocycles. The molecule has 0 N–H and O–H groups in total. The van der Waals surface area contributed by atoms with Gasteiger partial charge in [-0.05, 0) is 35.4 Å². The number of fused-ring (bicyclic) bond motifs is 1. The van der Waals surface area contributed by atoms with Crippen LogP contribution in [-0.4, -0.2) is 34.1 Å². The Morgan fingerprint density at radius 2 is 1.76 bits per heavy atom. The molecule has 126 valence electrons. The van der Waals surface area contributed by atoms with E-state index < -0.39 is 5.82 Å². The van der Waals surface area contributed by atoms with E-state index >= 15 is 0 Å². The Balaban J connectivity index is 1.82. The van der Waals surface area contributed by atoms with E-state index in [2.05, 4.69) is 21.0 Å². The maximum atomic E-state index is 13.5. The van der Waals surface area contributed by atoms with Crippen molar-refractivity contribution in [3.05, 3.63) is 77.0 Å². The van der Waals surface area contributed by atoms with Gasteiger partial charge in [-0.15, -0.1) is 0 Å². The molecule has 4 rings (SSSR count). The summed E-state index contributed by atoms with van der Waals surface area (Å²) in [7, 11) is 3.99. The third-order valence-electron chi connectivity index (χ3n) is 4.55. The second-order valence-corrected chi connectivity index (χ2v) is 6.47. The summed E-state index contributed by atoms with van der Waals surface area (Å²) >= 11 is 5.99. The maximum Gasteiger partial charge on any atom is 0.141 e. The number of rotatable bonds is 2. The van der Waals surface area contributed by atoms with Crippen LogP contribution in [0.2, 0.25) is 5.02 Å². The molecule has 2 heterocycles. The van der Waals surface area contributed by atoms with Crippen molar-refractivity contribution in [3.8, 4) is 0 Å². The SMILES string of the molecule is CN1C=C(c2ccc(F)c(Cl)c2)C(c2ccc3nccnc3c2)N1C. The van der Waals surface area contributed by atoms with Gasteiger partial charge in [0.15, 0.2) is 0 Å². The van der Waals surface area contributed by atoms with Gasteiger partial charge in [0.1, 0.15) is 5.82 Å². The third-order valence-corrected chi connectivity index (χ3v) is 4.84. The number of nitrogens with zero attached hydrogens (tertiary/aromatic N) is 4. The van der Waals surface area contributed by atoms with E-state index in [1.807, 2.05) is 37.4 Å². The topological polar surface area (TPSA) is 32.3 Å². The average molecular weight is 355 g/mol. The number of hydrazine groups is 1. The van der Waals surface area contributed by atoms with Crippen LogP contribution >= 0.6 is 11.6 Å². The first-order valence-corrected chi connectivity index (χ1v) is 8.26. The molecule has 0 saturated carbocycles. The summed E-state index contributed by atoms with van der Waals surface area (Å²) in [5, 5.41) is 4.25. The molecule has 0 spiro atoms. The van der Waals surface area contributed by atoms with E-state index in [0.29, 0.717) is 0 Å². The van der Waals surface area contributed by atoms with Gasteiger partial charge in [-0.25, -0.2) is 9.40 Å². The van der Waals surface area contributed by atoms with E-state index in [1.54, 1.807) is 24.5 Å². The Morgan fingerprint density at radius 1 is 1.00 bits per heavy atom. The Bertz CT molecular complexity index is 988. The summed E-state index contributed by atoms with van der Waals surface area (Å²) in [6, 6.07) is 10.9. The van der Waals surface area contributed by atoms with Crippen molar-refractivity contribution in [1.29, 1.82) is 0 Å². The highest BCUT2D eigenvalue weighted by atomic mass is 35.5. The van der Waals surface area contributed by atoms with Crippen LogP contribution in [0.3, 0.4) is 0 Å². The molecule has 1 atom stereocenters. The van der Waals surface area contributed by atoms with E-state index in [4.69, 9.17) is 11.6 Å². The van der Waals surface area contributed by atoms with Gasteiger partial charge in [0.25, 0.3) is 0 Å². The van der Waals surface area contributed by atoms with Crippen LogP contribution in [-0.2, 0) is 0 Å². The summed E-state index contributed by atoms with van der Waals surface area (Å²) < 4.78 is 13.5. The van der Waals surface area contributed by atoms with Gasteiger partial charge >= 0.3 is 0 Å². The molecule has 6 heteroatoms. The lowest BCUT2D eigenvalue weighted by Crippen LogP contribution is -2.30. The average Bonchev–Trinajstić information content (AvgIpc) is 2.92. The zero-order valence-corrected chi connectivity index (χ0v) is 14.6. The largest absolute Gasteiger partial charge is 0.315 e. The van der Waals surface area contributed by atoms with Gasteiger partial charge in [-0.2, -0.15) is 0 Å². The normalized spacial score (nSPS) is 18.0. The summed E-state index contributed by atoms with van der Waals surface area (Å²) in [6.45, 7) is 0. The van der Waals surface area contributed by atoms with Gasteiger partial charge in [-0.3, -0.25) is 9.97 Å². The first-order chi connectivity index (χ1) is 12.0. The zero-order chi connectivity index (χ0) is 17.6. The van der Waals surface area contributed by atoms with Crippen molar-refractivity contribution in [1.82, 2.24) is 20.0 Å². The van der Waals surface area contributed by atoms with Gasteiger partial charge < -0.3 is 5.01 Å². The first kappa shape index (κ1) is 16.0. The van der Waals surface area contributed by atoms with Crippen LogP contribution in [0.15, 0.2) is 55.0 Å². The van der Waals surface area contributed by atoms with Crippen molar-refractivity contribution in [2.24, 2.45) is 0 Å². The number of aromatic nitrogens is 2. The minimum Gasteiger partial charge on any atom is -0.315 e. The number of hydrogen-bond donors (Lipinski definition) is 0. The molecule has 0 amide bonds. The standard InChI is InChI=1S/C19H16ClFN4/c1-24-11-14(12-3-5-16(21)15(20)9-12)19(25(24)2)13-4-6-17-18(10-13)23-8-7-22-17/h3-11,19H,1-2H3. The highest BCUT2D eigenvalue weighted by molar-refractivity contribution is 6.30. The highest BCUT2D eigenvalue weighted by Gasteiger charge is 2.31. The Morgan fingerprint density at radius 3 is 2.52 bits per heavy atom. The molecule has 4 nitrogen and oxygen atoms in total. The molecule has 1 aliphatic rings. The van der Waals surface area contributed by atoms with Crippen molar-refractivity contribution < 1.29 is 4.39 Å². The van der Waals surface area contributed by atoms with E-state index in [9.17, 15) is 4.39 Å². The lowest BCUT2D eigenvalue weighted by molar-refractivity contribution is 0.0753. The third kappa shape index (κ3) is 2.75. The Hall–Kier alpha value is -2.50. The van der Waals surface area contributed by atoms with Crippen molar-refractivity contribution >= 4 is 28.2 Å². The quantitative estimate of drug-likeness (QED) is 0.687. The summed E-state index contributed by atoms with van der Waals surface area (Å²) in [6.07, 6.45) is 5.41. The molecule has 1 aliphatic heterocycles. The Labute approximate surface area is 150 Å². The molecular weight excluding hydrogens is 339 g/mol. The lowest BCUT2D eigenvalue weighted by Gasteiger charge is -2.28. The van der Waals surface area contributed by atoms with Crippen LogP contribution in [0, 0.1) is 5.82 Å². The molecule has 1 unspecified atom stereocenters. The molecular formula is C19H16ClFN4. The number of hydrogen-bond acceptors (Lipinski definition) is 4. The van der Waals surface area contributed by atoms with Crippen LogP contribution in [0.5, 0.6) is 0 Å². The van der Waals surface area contributed by atoms with Crippen molar-refractivity contribution in [3.63, 3.8) is 0 Å². The fourth-order valence-electron chi connectivity index (χ4n) is 3.20. The Kier molecular flexibility index (Phi) is 3.90. The predicted octanol–water partition coefficient (Wildman–Crippen LogP) is 4.30. The molecule has 25 heavy (non-hydrogen) atoms. The summed E-state index contributed by atoms with van der Waals surface area (Å²) in [4.78, 5) is 8.72. The molecule has 1 aromatic heterocycles. The van der Waals surface area contributed by atoms with Gasteiger partial charge in [0.05, 0.1) is 22.1 Å². The smallest absolute Gasteiger partial charge is 0.141 e. The first-order valence-electron chi connectivity index (χ1n) is 7.88. The van der Waals surface area contributed by atoms with Gasteiger partial charge in [0, 0.05) is 38.3 Å². The molecule has 3 aromatic rings.